The van der Waals surface area contributed by atoms with E-state index < -0.39 is 5.56 Å². The summed E-state index contributed by atoms with van der Waals surface area (Å²) >= 11 is 5.85. The van der Waals surface area contributed by atoms with E-state index in [-0.39, 0.29) is 5.02 Å². The Morgan fingerprint density at radius 1 is 1.38 bits per heavy atom. The number of aromatic nitrogens is 4. The lowest BCUT2D eigenvalue weighted by Crippen LogP contribution is -2.11. The number of hydrazone groups is 1. The smallest absolute Gasteiger partial charge is 0.285 e. The van der Waals surface area contributed by atoms with E-state index in [4.69, 9.17) is 11.6 Å². The number of halogens is 1. The third-order valence-corrected chi connectivity index (χ3v) is 3.25. The third-order valence-electron chi connectivity index (χ3n) is 2.87. The van der Waals surface area contributed by atoms with Crippen molar-refractivity contribution >= 4 is 34.0 Å². The molecule has 2 heterocycles. The van der Waals surface area contributed by atoms with Crippen LogP contribution in [0.3, 0.4) is 0 Å². The number of aromatic amines is 2. The van der Waals surface area contributed by atoms with E-state index in [0.29, 0.717) is 17.2 Å². The number of hydrogen-bond acceptors (Lipinski definition) is 5. The lowest BCUT2D eigenvalue weighted by Gasteiger charge is -2.02. The van der Waals surface area contributed by atoms with Gasteiger partial charge in [0.15, 0.2) is 5.82 Å². The summed E-state index contributed by atoms with van der Waals surface area (Å²) in [5.41, 5.74) is 4.98. The maximum absolute atomic E-state index is 11.3. The molecule has 0 saturated heterocycles. The number of para-hydroxylation sites is 2. The Hall–Kier alpha value is -2.67. The lowest BCUT2D eigenvalue weighted by molar-refractivity contribution is 0.986. The van der Waals surface area contributed by atoms with Gasteiger partial charge >= 0.3 is 0 Å². The molecule has 0 spiro atoms. The number of imidazole rings is 1. The summed E-state index contributed by atoms with van der Waals surface area (Å²) in [5.74, 6) is 0.637. The maximum atomic E-state index is 11.3. The summed E-state index contributed by atoms with van der Waals surface area (Å²) in [7, 11) is 0. The zero-order valence-corrected chi connectivity index (χ0v) is 11.8. The van der Waals surface area contributed by atoms with Crippen molar-refractivity contribution in [1.82, 2.24) is 20.2 Å². The molecular formula is C13H11ClN6O. The van der Waals surface area contributed by atoms with Gasteiger partial charge in [-0.2, -0.15) is 10.2 Å². The van der Waals surface area contributed by atoms with Crippen LogP contribution in [0.5, 0.6) is 0 Å². The van der Waals surface area contributed by atoms with Crippen molar-refractivity contribution in [2.45, 2.75) is 6.92 Å². The predicted molar refractivity (Wildman–Crippen MR) is 81.8 cm³/mol. The number of H-pyrrole nitrogens is 2. The van der Waals surface area contributed by atoms with E-state index in [1.54, 1.807) is 6.92 Å². The minimum absolute atomic E-state index is 0.00570. The molecule has 0 radical (unpaired) electrons. The van der Waals surface area contributed by atoms with Crippen LogP contribution in [-0.4, -0.2) is 25.9 Å². The fourth-order valence-electron chi connectivity index (χ4n) is 1.78. The second-order valence-electron chi connectivity index (χ2n) is 4.34. The first-order chi connectivity index (χ1) is 10.1. The van der Waals surface area contributed by atoms with Crippen LogP contribution in [0.25, 0.3) is 11.0 Å². The highest BCUT2D eigenvalue weighted by atomic mass is 35.5. The minimum Gasteiger partial charge on any atom is -0.337 e. The van der Waals surface area contributed by atoms with Gasteiger partial charge in [-0.25, -0.2) is 10.1 Å². The predicted octanol–water partition coefficient (Wildman–Crippen LogP) is 2.14. The quantitative estimate of drug-likeness (QED) is 0.510. The monoisotopic (exact) mass is 302 g/mol. The normalized spacial score (nSPS) is 11.8. The number of nitrogens with one attached hydrogen (secondary N) is 3. The van der Waals surface area contributed by atoms with Gasteiger partial charge in [-0.15, -0.1) is 0 Å². The number of hydrogen-bond donors (Lipinski definition) is 3. The van der Waals surface area contributed by atoms with E-state index >= 15 is 0 Å². The number of nitrogens with zero attached hydrogens (tertiary/aromatic N) is 3. The molecule has 0 aliphatic carbocycles. The summed E-state index contributed by atoms with van der Waals surface area (Å²) in [6, 6.07) is 7.69. The number of anilines is 1. The number of fused-ring (bicyclic) bond motifs is 1. The van der Waals surface area contributed by atoms with Crippen molar-refractivity contribution in [1.29, 1.82) is 0 Å². The van der Waals surface area contributed by atoms with E-state index in [9.17, 15) is 4.79 Å². The Balaban J connectivity index is 1.89. The minimum atomic E-state index is -0.474. The average molecular weight is 303 g/mol. The standard InChI is InChI=1S/C13H11ClN6O/c1-7(12-16-8-4-2-3-5-9(8)17-12)18-19-10-6-15-20-13(21)11(10)14/h2-6H,1H3,(H,16,17)(H2,19,20,21)/b18-7+. The van der Waals surface area contributed by atoms with Crippen molar-refractivity contribution in [3.63, 3.8) is 0 Å². The Labute approximate surface area is 124 Å². The van der Waals surface area contributed by atoms with E-state index in [2.05, 4.69) is 30.7 Å². The van der Waals surface area contributed by atoms with Gasteiger partial charge in [-0.3, -0.25) is 10.2 Å². The topological polar surface area (TPSA) is 98.8 Å². The first-order valence-electron chi connectivity index (χ1n) is 6.14. The van der Waals surface area contributed by atoms with Crippen molar-refractivity contribution in [3.05, 3.63) is 51.7 Å². The molecule has 0 fully saturated rings. The van der Waals surface area contributed by atoms with Crippen LogP contribution in [0.2, 0.25) is 5.02 Å². The van der Waals surface area contributed by atoms with Gasteiger partial charge in [0.05, 0.1) is 17.2 Å². The molecule has 3 rings (SSSR count). The Morgan fingerprint density at radius 3 is 3.00 bits per heavy atom. The molecule has 0 unspecified atom stereocenters. The van der Waals surface area contributed by atoms with Gasteiger partial charge in [-0.05, 0) is 19.1 Å². The second-order valence-corrected chi connectivity index (χ2v) is 4.72. The molecule has 21 heavy (non-hydrogen) atoms. The molecule has 3 N–H and O–H groups in total. The van der Waals surface area contributed by atoms with Crippen LogP contribution < -0.4 is 11.0 Å². The molecule has 0 saturated carbocycles. The molecule has 0 atom stereocenters. The molecule has 1 aromatic carbocycles. The zero-order valence-electron chi connectivity index (χ0n) is 11.0. The largest absolute Gasteiger partial charge is 0.337 e. The molecule has 8 heteroatoms. The fourth-order valence-corrected chi connectivity index (χ4v) is 1.92. The van der Waals surface area contributed by atoms with Crippen LogP contribution in [0.1, 0.15) is 12.7 Å². The van der Waals surface area contributed by atoms with Crippen molar-refractivity contribution in [3.8, 4) is 0 Å². The van der Waals surface area contributed by atoms with E-state index in [1.165, 1.54) is 6.20 Å². The Bertz CT molecular complexity index is 848. The maximum Gasteiger partial charge on any atom is 0.285 e. The zero-order chi connectivity index (χ0) is 14.8. The van der Waals surface area contributed by atoms with E-state index in [0.717, 1.165) is 11.0 Å². The summed E-state index contributed by atoms with van der Waals surface area (Å²) in [6.45, 7) is 1.79. The average Bonchev–Trinajstić information content (AvgIpc) is 2.92. The van der Waals surface area contributed by atoms with Crippen LogP contribution >= 0.6 is 11.6 Å². The van der Waals surface area contributed by atoms with Gasteiger partial charge in [0.2, 0.25) is 0 Å². The number of rotatable bonds is 3. The van der Waals surface area contributed by atoms with Crippen LogP contribution in [0, 0.1) is 0 Å². The summed E-state index contributed by atoms with van der Waals surface area (Å²) in [4.78, 5) is 18.9. The summed E-state index contributed by atoms with van der Waals surface area (Å²) < 4.78 is 0. The van der Waals surface area contributed by atoms with Gasteiger partial charge < -0.3 is 4.98 Å². The molecule has 106 valence electrons. The van der Waals surface area contributed by atoms with Gasteiger partial charge in [-0.1, -0.05) is 23.7 Å². The van der Waals surface area contributed by atoms with Crippen LogP contribution in [-0.2, 0) is 0 Å². The number of benzene rings is 1. The third kappa shape index (κ3) is 2.63. The Morgan fingerprint density at radius 2 is 2.19 bits per heavy atom. The molecule has 0 aliphatic heterocycles. The van der Waals surface area contributed by atoms with Crippen LogP contribution in [0.4, 0.5) is 5.69 Å². The molecule has 0 bridgehead atoms. The van der Waals surface area contributed by atoms with Gasteiger partial charge in [0, 0.05) is 0 Å². The molecule has 2 aromatic heterocycles. The lowest BCUT2D eigenvalue weighted by atomic mass is 10.3. The van der Waals surface area contributed by atoms with Crippen LogP contribution in [0.15, 0.2) is 40.4 Å². The van der Waals surface area contributed by atoms with Crippen molar-refractivity contribution < 1.29 is 0 Å². The SMILES string of the molecule is C/C(=N\Nc1cn[nH]c(=O)c1Cl)c1nc2ccccc2[nH]1. The molecule has 0 amide bonds. The molecular weight excluding hydrogens is 292 g/mol. The fraction of sp³-hybridized carbons (Fsp3) is 0.0769. The summed E-state index contributed by atoms with van der Waals surface area (Å²) in [5, 5.41) is 10.0. The van der Waals surface area contributed by atoms with Crippen molar-refractivity contribution in [2.75, 3.05) is 5.43 Å². The van der Waals surface area contributed by atoms with Crippen molar-refractivity contribution in [2.24, 2.45) is 5.10 Å². The van der Waals surface area contributed by atoms with Gasteiger partial charge in [0.1, 0.15) is 16.4 Å². The molecule has 7 nitrogen and oxygen atoms in total. The first kappa shape index (κ1) is 13.3. The highest BCUT2D eigenvalue weighted by Crippen LogP contribution is 2.15. The second kappa shape index (κ2) is 5.37. The first-order valence-corrected chi connectivity index (χ1v) is 6.51. The molecule has 3 aromatic rings. The molecule has 0 aliphatic rings. The van der Waals surface area contributed by atoms with Gasteiger partial charge in [0.25, 0.3) is 5.56 Å². The highest BCUT2D eigenvalue weighted by molar-refractivity contribution is 6.32. The Kier molecular flexibility index (Phi) is 3.41. The van der Waals surface area contributed by atoms with E-state index in [1.807, 2.05) is 24.3 Å². The highest BCUT2D eigenvalue weighted by Gasteiger charge is 2.07. The summed E-state index contributed by atoms with van der Waals surface area (Å²) in [6.07, 6.45) is 1.39.